The smallest absolute Gasteiger partial charge is 0.0791 e. The number of unbranched alkanes of at least 4 members (excludes halogenated alkanes) is 1. The maximum Gasteiger partial charge on any atom is 0.0791 e. The van der Waals surface area contributed by atoms with Crippen LogP contribution in [0.15, 0.2) is 12.7 Å². The van der Waals surface area contributed by atoms with Crippen molar-refractivity contribution in [2.75, 3.05) is 13.2 Å². The molecule has 1 atom stereocenters. The first-order valence-corrected chi connectivity index (χ1v) is 4.93. The van der Waals surface area contributed by atoms with Crippen LogP contribution in [-0.2, 0) is 4.74 Å². The quantitative estimate of drug-likeness (QED) is 0.488. The summed E-state index contributed by atoms with van der Waals surface area (Å²) in [4.78, 5) is 0. The molecule has 0 aliphatic carbocycles. The van der Waals surface area contributed by atoms with Crippen molar-refractivity contribution in [2.24, 2.45) is 5.41 Å². The first-order valence-electron chi connectivity index (χ1n) is 4.93. The van der Waals surface area contributed by atoms with E-state index < -0.39 is 6.10 Å². The minimum atomic E-state index is -0.492. The first-order chi connectivity index (χ1) is 6.04. The Bertz CT molecular complexity index is 141. The Morgan fingerprint density at radius 2 is 2.15 bits per heavy atom. The molecule has 0 saturated carbocycles. The van der Waals surface area contributed by atoms with Gasteiger partial charge in [-0.3, -0.25) is 0 Å². The van der Waals surface area contributed by atoms with E-state index in [2.05, 4.69) is 13.5 Å². The van der Waals surface area contributed by atoms with Crippen LogP contribution in [0, 0.1) is 5.41 Å². The lowest BCUT2D eigenvalue weighted by Crippen LogP contribution is -2.32. The molecule has 0 radical (unpaired) electrons. The molecule has 2 nitrogen and oxygen atoms in total. The number of hydrogen-bond acceptors (Lipinski definition) is 2. The minimum Gasteiger partial charge on any atom is -0.388 e. The second-order valence-corrected chi connectivity index (χ2v) is 4.08. The van der Waals surface area contributed by atoms with Gasteiger partial charge in [0.05, 0.1) is 12.7 Å². The van der Waals surface area contributed by atoms with E-state index in [0.717, 1.165) is 19.4 Å². The number of aliphatic hydroxyl groups excluding tert-OH is 1. The molecule has 0 rings (SSSR count). The van der Waals surface area contributed by atoms with Crippen LogP contribution in [0.25, 0.3) is 0 Å². The summed E-state index contributed by atoms with van der Waals surface area (Å²) in [6.07, 6.45) is 3.29. The molecular formula is C11H22O2. The highest BCUT2D eigenvalue weighted by molar-refractivity contribution is 4.90. The van der Waals surface area contributed by atoms with E-state index in [-0.39, 0.29) is 5.41 Å². The Morgan fingerprint density at radius 1 is 1.54 bits per heavy atom. The van der Waals surface area contributed by atoms with Crippen LogP contribution in [-0.4, -0.2) is 24.4 Å². The van der Waals surface area contributed by atoms with Gasteiger partial charge in [0.2, 0.25) is 0 Å². The monoisotopic (exact) mass is 186 g/mol. The van der Waals surface area contributed by atoms with Crippen LogP contribution >= 0.6 is 0 Å². The molecule has 0 aromatic carbocycles. The molecular weight excluding hydrogens is 164 g/mol. The molecule has 13 heavy (non-hydrogen) atoms. The average Bonchev–Trinajstić information content (AvgIpc) is 2.11. The molecule has 2 heteroatoms. The maximum atomic E-state index is 9.54. The zero-order valence-electron chi connectivity index (χ0n) is 9.05. The van der Waals surface area contributed by atoms with Gasteiger partial charge in [0.15, 0.2) is 0 Å². The molecule has 0 bridgehead atoms. The third kappa shape index (κ3) is 5.06. The highest BCUT2D eigenvalue weighted by Gasteiger charge is 2.25. The Labute approximate surface area is 81.6 Å². The fourth-order valence-corrected chi connectivity index (χ4v) is 0.986. The third-order valence-corrected chi connectivity index (χ3v) is 2.14. The second kappa shape index (κ2) is 6.17. The average molecular weight is 186 g/mol. The van der Waals surface area contributed by atoms with Gasteiger partial charge in [-0.1, -0.05) is 33.3 Å². The van der Waals surface area contributed by atoms with Crippen LogP contribution in [0.1, 0.15) is 33.6 Å². The zero-order chi connectivity index (χ0) is 10.3. The topological polar surface area (TPSA) is 29.5 Å². The number of rotatable bonds is 7. The summed E-state index contributed by atoms with van der Waals surface area (Å²) < 4.78 is 5.45. The van der Waals surface area contributed by atoms with E-state index in [1.807, 2.05) is 13.8 Å². The minimum absolute atomic E-state index is 0.227. The lowest BCUT2D eigenvalue weighted by molar-refractivity contribution is -0.00269. The van der Waals surface area contributed by atoms with Gasteiger partial charge in [0, 0.05) is 12.0 Å². The molecule has 0 aliphatic heterocycles. The molecule has 0 aromatic heterocycles. The van der Waals surface area contributed by atoms with Crippen LogP contribution in [0.3, 0.4) is 0 Å². The molecule has 1 unspecified atom stereocenters. The summed E-state index contributed by atoms with van der Waals surface area (Å²) in [5.74, 6) is 0. The van der Waals surface area contributed by atoms with E-state index >= 15 is 0 Å². The Balaban J connectivity index is 3.68. The van der Waals surface area contributed by atoms with E-state index in [1.165, 1.54) is 0 Å². The predicted octanol–water partition coefficient (Wildman–Crippen LogP) is 2.38. The van der Waals surface area contributed by atoms with Crippen molar-refractivity contribution in [1.29, 1.82) is 0 Å². The Kier molecular flexibility index (Phi) is 6.00. The third-order valence-electron chi connectivity index (χ3n) is 2.14. The van der Waals surface area contributed by atoms with E-state index in [9.17, 15) is 5.11 Å². The van der Waals surface area contributed by atoms with Crippen molar-refractivity contribution in [3.63, 3.8) is 0 Å². The van der Waals surface area contributed by atoms with E-state index in [1.54, 1.807) is 6.08 Å². The predicted molar refractivity (Wildman–Crippen MR) is 55.7 cm³/mol. The van der Waals surface area contributed by atoms with Gasteiger partial charge in [-0.2, -0.15) is 0 Å². The fraction of sp³-hybridized carbons (Fsp3) is 0.818. The van der Waals surface area contributed by atoms with Crippen molar-refractivity contribution < 1.29 is 9.84 Å². The van der Waals surface area contributed by atoms with Crippen molar-refractivity contribution in [2.45, 2.75) is 39.7 Å². The Morgan fingerprint density at radius 3 is 2.62 bits per heavy atom. The van der Waals surface area contributed by atoms with Crippen molar-refractivity contribution in [3.05, 3.63) is 12.7 Å². The van der Waals surface area contributed by atoms with Crippen LogP contribution < -0.4 is 0 Å². The Hall–Kier alpha value is -0.340. The fourth-order valence-electron chi connectivity index (χ4n) is 0.986. The number of ether oxygens (including phenoxy) is 1. The first kappa shape index (κ1) is 12.7. The van der Waals surface area contributed by atoms with Gasteiger partial charge in [0.25, 0.3) is 0 Å². The molecule has 0 heterocycles. The highest BCUT2D eigenvalue weighted by Crippen LogP contribution is 2.21. The largest absolute Gasteiger partial charge is 0.388 e. The van der Waals surface area contributed by atoms with E-state index in [4.69, 9.17) is 4.74 Å². The zero-order valence-corrected chi connectivity index (χ0v) is 9.05. The number of aliphatic hydroxyl groups is 1. The standard InChI is InChI=1S/C11H22O2/c1-5-7-8-13-9-11(3,4)10(12)6-2/h6,10,12H,2,5,7-9H2,1,3-4H3. The van der Waals surface area contributed by atoms with Gasteiger partial charge in [0.1, 0.15) is 0 Å². The summed E-state index contributed by atoms with van der Waals surface area (Å²) >= 11 is 0. The molecule has 0 spiro atoms. The summed E-state index contributed by atoms with van der Waals surface area (Å²) in [5, 5.41) is 9.54. The van der Waals surface area contributed by atoms with Crippen LogP contribution in [0.2, 0.25) is 0 Å². The molecule has 0 amide bonds. The van der Waals surface area contributed by atoms with Gasteiger partial charge in [-0.25, -0.2) is 0 Å². The molecule has 0 aliphatic rings. The van der Waals surface area contributed by atoms with Gasteiger partial charge < -0.3 is 9.84 Å². The maximum absolute atomic E-state index is 9.54. The highest BCUT2D eigenvalue weighted by atomic mass is 16.5. The summed E-state index contributed by atoms with van der Waals surface area (Å²) in [7, 11) is 0. The van der Waals surface area contributed by atoms with Crippen LogP contribution in [0.5, 0.6) is 0 Å². The van der Waals surface area contributed by atoms with Gasteiger partial charge in [-0.15, -0.1) is 6.58 Å². The van der Waals surface area contributed by atoms with Crippen LogP contribution in [0.4, 0.5) is 0 Å². The second-order valence-electron chi connectivity index (χ2n) is 4.08. The normalized spacial score (nSPS) is 14.2. The molecule has 0 aromatic rings. The molecule has 0 fully saturated rings. The van der Waals surface area contributed by atoms with E-state index in [0.29, 0.717) is 6.61 Å². The summed E-state index contributed by atoms with van der Waals surface area (Å²) in [6, 6.07) is 0. The molecule has 0 saturated heterocycles. The van der Waals surface area contributed by atoms with Crippen molar-refractivity contribution in [3.8, 4) is 0 Å². The van der Waals surface area contributed by atoms with Crippen molar-refractivity contribution >= 4 is 0 Å². The summed E-state index contributed by atoms with van der Waals surface area (Å²) in [6.45, 7) is 11.0. The molecule has 1 N–H and O–H groups in total. The lowest BCUT2D eigenvalue weighted by Gasteiger charge is -2.27. The van der Waals surface area contributed by atoms with Crippen molar-refractivity contribution in [1.82, 2.24) is 0 Å². The summed E-state index contributed by atoms with van der Waals surface area (Å²) in [5.41, 5.74) is -0.227. The number of hydrogen-bond donors (Lipinski definition) is 1. The van der Waals surface area contributed by atoms with Gasteiger partial charge in [-0.05, 0) is 6.42 Å². The lowest BCUT2D eigenvalue weighted by atomic mass is 9.87. The van der Waals surface area contributed by atoms with Gasteiger partial charge >= 0.3 is 0 Å². The molecule has 78 valence electrons. The SMILES string of the molecule is C=CC(O)C(C)(C)COCCCC.